The summed E-state index contributed by atoms with van der Waals surface area (Å²) in [5, 5.41) is 12.4. The highest BCUT2D eigenvalue weighted by Gasteiger charge is 2.35. The predicted molar refractivity (Wildman–Crippen MR) is 86.1 cm³/mol. The molecular weight excluding hydrogens is 327 g/mol. The number of carbonyl (C=O) groups is 2. The van der Waals surface area contributed by atoms with E-state index in [0.717, 1.165) is 12.8 Å². The molecule has 25 heavy (non-hydrogen) atoms. The summed E-state index contributed by atoms with van der Waals surface area (Å²) in [5.41, 5.74) is -0.0510. The van der Waals surface area contributed by atoms with E-state index in [1.54, 1.807) is 6.92 Å². The van der Waals surface area contributed by atoms with Gasteiger partial charge in [0.2, 0.25) is 5.76 Å². The van der Waals surface area contributed by atoms with Crippen molar-refractivity contribution in [2.24, 2.45) is 0 Å². The molecule has 2 aromatic rings. The van der Waals surface area contributed by atoms with Crippen molar-refractivity contribution in [1.29, 1.82) is 5.26 Å². The molecule has 0 aliphatic heterocycles. The van der Waals surface area contributed by atoms with Crippen molar-refractivity contribution >= 4 is 22.8 Å². The Kier molecular flexibility index (Phi) is 4.45. The number of rotatable bonds is 4. The van der Waals surface area contributed by atoms with Crippen LogP contribution in [0.5, 0.6) is 0 Å². The Morgan fingerprint density at radius 2 is 2.12 bits per heavy atom. The number of aryl methyl sites for hydroxylation is 1. The summed E-state index contributed by atoms with van der Waals surface area (Å²) in [7, 11) is 0. The number of furan rings is 1. The monoisotopic (exact) mass is 344 g/mol. The number of carbonyl (C=O) groups excluding carboxylic acids is 2. The molecule has 0 radical (unpaired) electrons. The molecule has 6 nitrogen and oxygen atoms in total. The summed E-state index contributed by atoms with van der Waals surface area (Å²) in [6, 6.07) is 6.07. The lowest BCUT2D eigenvalue weighted by molar-refractivity contribution is -0.125. The number of amides is 1. The van der Waals surface area contributed by atoms with Crippen molar-refractivity contribution in [3.05, 3.63) is 35.3 Å². The molecule has 1 aliphatic rings. The summed E-state index contributed by atoms with van der Waals surface area (Å²) in [6.07, 6.45) is 2.94. The van der Waals surface area contributed by atoms with Gasteiger partial charge in [0.15, 0.2) is 6.61 Å². The third-order valence-electron chi connectivity index (χ3n) is 4.47. The number of nitrogens with one attached hydrogen (secondary N) is 1. The Labute approximate surface area is 143 Å². The second-order valence-corrected chi connectivity index (χ2v) is 6.22. The molecule has 1 aromatic heterocycles. The molecule has 1 N–H and O–H groups in total. The second kappa shape index (κ2) is 6.55. The van der Waals surface area contributed by atoms with Gasteiger partial charge in [0.25, 0.3) is 5.91 Å². The van der Waals surface area contributed by atoms with Gasteiger partial charge in [-0.15, -0.1) is 0 Å². The maximum Gasteiger partial charge on any atom is 0.375 e. The first kappa shape index (κ1) is 17.0. The minimum atomic E-state index is -0.865. The third-order valence-corrected chi connectivity index (χ3v) is 4.47. The smallest absolute Gasteiger partial charge is 0.375 e. The molecule has 1 saturated carbocycles. The van der Waals surface area contributed by atoms with Gasteiger partial charge in [0.1, 0.15) is 16.9 Å². The number of hydrogen-bond donors (Lipinski definition) is 1. The van der Waals surface area contributed by atoms with E-state index >= 15 is 0 Å². The first-order valence-electron chi connectivity index (χ1n) is 8.02. The Bertz CT molecular complexity index is 875. The van der Waals surface area contributed by atoms with Crippen LogP contribution in [-0.2, 0) is 9.53 Å². The molecule has 130 valence electrons. The van der Waals surface area contributed by atoms with Crippen LogP contribution in [0, 0.1) is 24.1 Å². The topological polar surface area (TPSA) is 92.3 Å². The summed E-state index contributed by atoms with van der Waals surface area (Å²) in [5.74, 6) is -1.84. The normalized spacial score (nSPS) is 15.7. The zero-order valence-corrected chi connectivity index (χ0v) is 13.7. The quantitative estimate of drug-likeness (QED) is 0.861. The number of halogens is 1. The van der Waals surface area contributed by atoms with Gasteiger partial charge in [-0.05, 0) is 50.8 Å². The third kappa shape index (κ3) is 3.33. The Morgan fingerprint density at radius 3 is 2.80 bits per heavy atom. The standard InChI is InChI=1S/C18H17FN2O4/c1-11-13-8-12(19)4-5-14(13)25-16(11)17(23)24-9-15(22)21-18(10-20)6-2-3-7-18/h4-5,8H,2-3,6-7,9H2,1H3,(H,21,22). The molecule has 1 aromatic carbocycles. The zero-order chi connectivity index (χ0) is 18.0. The van der Waals surface area contributed by atoms with E-state index in [-0.39, 0.29) is 5.76 Å². The minimum Gasteiger partial charge on any atom is -0.450 e. The van der Waals surface area contributed by atoms with Gasteiger partial charge in [0.05, 0.1) is 6.07 Å². The van der Waals surface area contributed by atoms with Gasteiger partial charge in [-0.25, -0.2) is 9.18 Å². The molecule has 0 saturated heterocycles. The van der Waals surface area contributed by atoms with E-state index in [2.05, 4.69) is 11.4 Å². The minimum absolute atomic E-state index is 0.0655. The molecule has 0 bridgehead atoms. The number of esters is 1. The van der Waals surface area contributed by atoms with Gasteiger partial charge in [0, 0.05) is 10.9 Å². The maximum absolute atomic E-state index is 13.3. The van der Waals surface area contributed by atoms with Crippen molar-refractivity contribution in [2.45, 2.75) is 38.1 Å². The lowest BCUT2D eigenvalue weighted by atomic mass is 10.00. The second-order valence-electron chi connectivity index (χ2n) is 6.22. The highest BCUT2D eigenvalue weighted by molar-refractivity contribution is 5.96. The predicted octanol–water partition coefficient (Wildman–Crippen LogP) is 2.99. The van der Waals surface area contributed by atoms with E-state index in [1.807, 2.05) is 0 Å². The number of benzene rings is 1. The van der Waals surface area contributed by atoms with Crippen LogP contribution in [0.2, 0.25) is 0 Å². The van der Waals surface area contributed by atoms with Crippen LogP contribution in [-0.4, -0.2) is 24.0 Å². The number of hydrogen-bond acceptors (Lipinski definition) is 5. The van der Waals surface area contributed by atoms with Crippen molar-refractivity contribution in [2.75, 3.05) is 6.61 Å². The van der Waals surface area contributed by atoms with E-state index in [0.29, 0.717) is 29.4 Å². The molecule has 1 amide bonds. The first-order valence-corrected chi connectivity index (χ1v) is 8.02. The van der Waals surface area contributed by atoms with E-state index in [4.69, 9.17) is 9.15 Å². The fourth-order valence-corrected chi connectivity index (χ4v) is 3.13. The van der Waals surface area contributed by atoms with Gasteiger partial charge < -0.3 is 14.5 Å². The van der Waals surface area contributed by atoms with Crippen molar-refractivity contribution in [3.63, 3.8) is 0 Å². The number of nitrogens with zero attached hydrogens (tertiary/aromatic N) is 1. The maximum atomic E-state index is 13.3. The molecule has 0 unspecified atom stereocenters. The SMILES string of the molecule is Cc1c(C(=O)OCC(=O)NC2(C#N)CCCC2)oc2ccc(F)cc12. The van der Waals surface area contributed by atoms with Crippen molar-refractivity contribution in [1.82, 2.24) is 5.32 Å². The lowest BCUT2D eigenvalue weighted by Gasteiger charge is -2.21. The Hall–Kier alpha value is -2.88. The van der Waals surface area contributed by atoms with Gasteiger partial charge in [-0.3, -0.25) is 4.79 Å². The van der Waals surface area contributed by atoms with Crippen LogP contribution >= 0.6 is 0 Å². The van der Waals surface area contributed by atoms with Crippen LogP contribution in [0.1, 0.15) is 41.8 Å². The fourth-order valence-electron chi connectivity index (χ4n) is 3.13. The molecule has 0 spiro atoms. The Balaban J connectivity index is 1.66. The summed E-state index contributed by atoms with van der Waals surface area (Å²) in [6.45, 7) is 1.11. The van der Waals surface area contributed by atoms with Crippen LogP contribution in [0.15, 0.2) is 22.6 Å². The molecule has 7 heteroatoms. The number of ether oxygens (including phenoxy) is 1. The van der Waals surface area contributed by atoms with Crippen LogP contribution < -0.4 is 5.32 Å². The average molecular weight is 344 g/mol. The van der Waals surface area contributed by atoms with E-state index < -0.39 is 29.8 Å². The largest absolute Gasteiger partial charge is 0.450 e. The molecule has 1 heterocycles. The van der Waals surface area contributed by atoms with Crippen LogP contribution in [0.3, 0.4) is 0 Å². The average Bonchev–Trinajstić information content (AvgIpc) is 3.18. The summed E-state index contributed by atoms with van der Waals surface area (Å²) >= 11 is 0. The molecule has 3 rings (SSSR count). The molecule has 1 aliphatic carbocycles. The molecule has 0 atom stereocenters. The first-order chi connectivity index (χ1) is 11.9. The number of nitriles is 1. The highest BCUT2D eigenvalue weighted by Crippen LogP contribution is 2.29. The Morgan fingerprint density at radius 1 is 1.40 bits per heavy atom. The van der Waals surface area contributed by atoms with Crippen molar-refractivity contribution in [3.8, 4) is 6.07 Å². The summed E-state index contributed by atoms with van der Waals surface area (Å²) in [4.78, 5) is 24.1. The summed E-state index contributed by atoms with van der Waals surface area (Å²) < 4.78 is 23.7. The zero-order valence-electron chi connectivity index (χ0n) is 13.7. The van der Waals surface area contributed by atoms with Crippen LogP contribution in [0.4, 0.5) is 4.39 Å². The van der Waals surface area contributed by atoms with Gasteiger partial charge in [-0.1, -0.05) is 0 Å². The van der Waals surface area contributed by atoms with Crippen molar-refractivity contribution < 1.29 is 23.1 Å². The molecule has 1 fully saturated rings. The molecular formula is C18H17FN2O4. The van der Waals surface area contributed by atoms with Gasteiger partial charge >= 0.3 is 5.97 Å². The fraction of sp³-hybridized carbons (Fsp3) is 0.389. The lowest BCUT2D eigenvalue weighted by Crippen LogP contribution is -2.46. The van der Waals surface area contributed by atoms with E-state index in [9.17, 15) is 19.2 Å². The highest BCUT2D eigenvalue weighted by atomic mass is 19.1. The van der Waals surface area contributed by atoms with Crippen LogP contribution in [0.25, 0.3) is 11.0 Å². The van der Waals surface area contributed by atoms with Gasteiger partial charge in [-0.2, -0.15) is 5.26 Å². The number of fused-ring (bicyclic) bond motifs is 1. The van der Waals surface area contributed by atoms with E-state index in [1.165, 1.54) is 18.2 Å².